The Morgan fingerprint density at radius 2 is 2.41 bits per heavy atom. The fourth-order valence-electron chi connectivity index (χ4n) is 1.18. The Bertz CT molecular complexity index is 359. The Balaban J connectivity index is 2.57. The molecule has 0 aliphatic rings. The van der Waals surface area contributed by atoms with Gasteiger partial charge in [0.05, 0.1) is 13.2 Å². The van der Waals surface area contributed by atoms with Gasteiger partial charge in [-0.25, -0.2) is 10.8 Å². The number of aromatic nitrogens is 2. The first-order valence-electron chi connectivity index (χ1n) is 5.49. The molecule has 0 fully saturated rings. The van der Waals surface area contributed by atoms with E-state index in [1.165, 1.54) is 0 Å². The lowest BCUT2D eigenvalue weighted by Crippen LogP contribution is -2.36. The van der Waals surface area contributed by atoms with E-state index in [2.05, 4.69) is 34.7 Å². The lowest BCUT2D eigenvalue weighted by Gasteiger charge is -2.07. The van der Waals surface area contributed by atoms with Crippen LogP contribution in [0, 0.1) is 0 Å². The number of nitrogens with two attached hydrogens (primary N) is 1. The first-order chi connectivity index (χ1) is 8.17. The van der Waals surface area contributed by atoms with Gasteiger partial charge < -0.3 is 10.1 Å². The van der Waals surface area contributed by atoms with Crippen molar-refractivity contribution in [2.45, 2.75) is 19.9 Å². The van der Waals surface area contributed by atoms with Crippen LogP contribution in [0.3, 0.4) is 0 Å². The van der Waals surface area contributed by atoms with Gasteiger partial charge in [-0.1, -0.05) is 0 Å². The van der Waals surface area contributed by atoms with Gasteiger partial charge in [0.15, 0.2) is 5.82 Å². The van der Waals surface area contributed by atoms with Crippen molar-refractivity contribution in [2.24, 2.45) is 10.8 Å². The maximum absolute atomic E-state index is 5.35. The SMILES string of the molecule is COCCN=C(NN)Nc1ccn(C(C)C)n1. The van der Waals surface area contributed by atoms with Gasteiger partial charge in [-0.15, -0.1) is 0 Å². The van der Waals surface area contributed by atoms with E-state index in [1.807, 2.05) is 16.9 Å². The Morgan fingerprint density at radius 1 is 1.65 bits per heavy atom. The summed E-state index contributed by atoms with van der Waals surface area (Å²) in [6.07, 6.45) is 1.90. The molecule has 0 atom stereocenters. The molecule has 0 unspecified atom stereocenters. The topological polar surface area (TPSA) is 89.5 Å². The highest BCUT2D eigenvalue weighted by atomic mass is 16.5. The summed E-state index contributed by atoms with van der Waals surface area (Å²) in [7, 11) is 1.63. The number of nitrogens with zero attached hydrogens (tertiary/aromatic N) is 3. The minimum atomic E-state index is 0.324. The summed E-state index contributed by atoms with van der Waals surface area (Å²) in [5, 5.41) is 7.31. The van der Waals surface area contributed by atoms with Gasteiger partial charge in [0.1, 0.15) is 0 Å². The van der Waals surface area contributed by atoms with Crippen LogP contribution in [0.15, 0.2) is 17.3 Å². The highest BCUT2D eigenvalue weighted by Crippen LogP contribution is 2.07. The molecule has 0 saturated carbocycles. The van der Waals surface area contributed by atoms with Gasteiger partial charge in [0.2, 0.25) is 5.96 Å². The van der Waals surface area contributed by atoms with E-state index in [9.17, 15) is 0 Å². The van der Waals surface area contributed by atoms with Crippen molar-refractivity contribution in [3.05, 3.63) is 12.3 Å². The van der Waals surface area contributed by atoms with Gasteiger partial charge in [-0.3, -0.25) is 10.1 Å². The van der Waals surface area contributed by atoms with Crippen LogP contribution < -0.4 is 16.6 Å². The fraction of sp³-hybridized carbons (Fsp3) is 0.600. The van der Waals surface area contributed by atoms with Gasteiger partial charge in [0, 0.05) is 25.4 Å². The van der Waals surface area contributed by atoms with E-state index in [1.54, 1.807) is 7.11 Å². The van der Waals surface area contributed by atoms with Crippen LogP contribution in [0.5, 0.6) is 0 Å². The smallest absolute Gasteiger partial charge is 0.211 e. The number of hydrazine groups is 1. The molecule has 4 N–H and O–H groups in total. The molecule has 1 aromatic heterocycles. The molecule has 0 aliphatic heterocycles. The predicted octanol–water partition coefficient (Wildman–Crippen LogP) is 0.342. The van der Waals surface area contributed by atoms with Crippen LogP contribution >= 0.6 is 0 Å². The molecule has 1 heterocycles. The van der Waals surface area contributed by atoms with Crippen molar-refractivity contribution < 1.29 is 4.74 Å². The third-order valence-corrected chi connectivity index (χ3v) is 2.09. The van der Waals surface area contributed by atoms with Crippen LogP contribution in [0.1, 0.15) is 19.9 Å². The zero-order valence-electron chi connectivity index (χ0n) is 10.5. The number of aliphatic imine (C=N–C) groups is 1. The normalized spacial score (nSPS) is 11.9. The number of methoxy groups -OCH3 is 1. The molecule has 0 aromatic carbocycles. The summed E-state index contributed by atoms with van der Waals surface area (Å²) in [6, 6.07) is 2.19. The van der Waals surface area contributed by atoms with Gasteiger partial charge in [-0.05, 0) is 13.8 Å². The number of anilines is 1. The van der Waals surface area contributed by atoms with E-state index < -0.39 is 0 Å². The average molecular weight is 240 g/mol. The molecule has 0 saturated heterocycles. The first kappa shape index (κ1) is 13.5. The molecule has 0 bridgehead atoms. The Morgan fingerprint density at radius 3 is 2.94 bits per heavy atom. The number of guanidine groups is 1. The second kappa shape index (κ2) is 6.87. The van der Waals surface area contributed by atoms with E-state index >= 15 is 0 Å². The standard InChI is InChI=1S/C10H20N6O/c1-8(2)16-6-4-9(15-16)13-10(14-11)12-5-7-17-3/h4,6,8H,5,7,11H2,1-3H3,(H2,12,13,14,15). The Kier molecular flexibility index (Phi) is 5.44. The summed E-state index contributed by atoms with van der Waals surface area (Å²) in [4.78, 5) is 4.18. The lowest BCUT2D eigenvalue weighted by atomic mass is 10.4. The molecule has 7 heteroatoms. The summed E-state index contributed by atoms with van der Waals surface area (Å²) < 4.78 is 6.75. The van der Waals surface area contributed by atoms with Crippen molar-refractivity contribution in [3.8, 4) is 0 Å². The molecular weight excluding hydrogens is 220 g/mol. The van der Waals surface area contributed by atoms with Gasteiger partial charge >= 0.3 is 0 Å². The number of hydrogen-bond donors (Lipinski definition) is 3. The maximum atomic E-state index is 5.35. The van der Waals surface area contributed by atoms with E-state index in [-0.39, 0.29) is 0 Å². The van der Waals surface area contributed by atoms with E-state index in [0.29, 0.717) is 31.0 Å². The molecule has 1 aromatic rings. The largest absolute Gasteiger partial charge is 0.383 e. The number of hydrogen-bond acceptors (Lipinski definition) is 4. The fourth-order valence-corrected chi connectivity index (χ4v) is 1.18. The maximum Gasteiger partial charge on any atom is 0.211 e. The van der Waals surface area contributed by atoms with Gasteiger partial charge in [-0.2, -0.15) is 5.10 Å². The van der Waals surface area contributed by atoms with E-state index in [0.717, 1.165) is 0 Å². The summed E-state index contributed by atoms with van der Waals surface area (Å²) in [5.41, 5.74) is 2.48. The molecule has 0 aliphatic carbocycles. The van der Waals surface area contributed by atoms with Crippen LogP contribution in [-0.2, 0) is 4.74 Å². The second-order valence-electron chi connectivity index (χ2n) is 3.77. The highest BCUT2D eigenvalue weighted by molar-refractivity contribution is 5.92. The first-order valence-corrected chi connectivity index (χ1v) is 5.49. The number of ether oxygens (including phenoxy) is 1. The van der Waals surface area contributed by atoms with Gasteiger partial charge in [0.25, 0.3) is 0 Å². The van der Waals surface area contributed by atoms with Crippen LogP contribution in [-0.4, -0.2) is 36.0 Å². The summed E-state index contributed by atoms with van der Waals surface area (Å²) in [5.74, 6) is 6.52. The third-order valence-electron chi connectivity index (χ3n) is 2.09. The minimum absolute atomic E-state index is 0.324. The molecule has 1 rings (SSSR count). The summed E-state index contributed by atoms with van der Waals surface area (Å²) in [6.45, 7) is 5.21. The monoisotopic (exact) mass is 240 g/mol. The van der Waals surface area contributed by atoms with Crippen molar-refractivity contribution in [3.63, 3.8) is 0 Å². The third kappa shape index (κ3) is 4.41. The number of rotatable bonds is 5. The molecular formula is C10H20N6O. The van der Waals surface area contributed by atoms with E-state index in [4.69, 9.17) is 10.6 Å². The number of nitrogens with one attached hydrogen (secondary N) is 2. The van der Waals surface area contributed by atoms with Crippen LogP contribution in [0.2, 0.25) is 0 Å². The molecule has 0 spiro atoms. The van der Waals surface area contributed by atoms with Crippen molar-refractivity contribution in [2.75, 3.05) is 25.6 Å². The Hall–Kier alpha value is -1.60. The van der Waals surface area contributed by atoms with Crippen LogP contribution in [0.25, 0.3) is 0 Å². The minimum Gasteiger partial charge on any atom is -0.383 e. The lowest BCUT2D eigenvalue weighted by molar-refractivity contribution is 0.208. The Labute approximate surface area is 101 Å². The van der Waals surface area contributed by atoms with Crippen molar-refractivity contribution in [1.82, 2.24) is 15.2 Å². The van der Waals surface area contributed by atoms with Crippen molar-refractivity contribution >= 4 is 11.8 Å². The van der Waals surface area contributed by atoms with Crippen LogP contribution in [0.4, 0.5) is 5.82 Å². The molecule has 17 heavy (non-hydrogen) atoms. The predicted molar refractivity (Wildman–Crippen MR) is 67.7 cm³/mol. The molecule has 0 amide bonds. The van der Waals surface area contributed by atoms with Crippen molar-refractivity contribution in [1.29, 1.82) is 0 Å². The highest BCUT2D eigenvalue weighted by Gasteiger charge is 2.03. The zero-order chi connectivity index (χ0) is 12.7. The zero-order valence-corrected chi connectivity index (χ0v) is 10.5. The quantitative estimate of drug-likeness (QED) is 0.227. The average Bonchev–Trinajstić information content (AvgIpc) is 2.76. The molecule has 96 valence electrons. The molecule has 7 nitrogen and oxygen atoms in total. The molecule has 0 radical (unpaired) electrons. The summed E-state index contributed by atoms with van der Waals surface area (Å²) >= 11 is 0. The second-order valence-corrected chi connectivity index (χ2v) is 3.77.